The summed E-state index contributed by atoms with van der Waals surface area (Å²) >= 11 is 6.41. The van der Waals surface area contributed by atoms with Crippen LogP contribution in [-0.4, -0.2) is 66.0 Å². The van der Waals surface area contributed by atoms with Gasteiger partial charge >= 0.3 is 0 Å². The normalized spacial score (nSPS) is 23.0. The number of carbonyl (C=O) groups excluding carboxylic acids is 1. The van der Waals surface area contributed by atoms with Crippen LogP contribution in [-0.2, 0) is 7.05 Å². The van der Waals surface area contributed by atoms with Crippen molar-refractivity contribution in [2.45, 2.75) is 45.3 Å². The van der Waals surface area contributed by atoms with Crippen LogP contribution in [0.5, 0.6) is 0 Å². The molecule has 10 nitrogen and oxygen atoms in total. The van der Waals surface area contributed by atoms with E-state index in [4.69, 9.17) is 21.7 Å². The van der Waals surface area contributed by atoms with Crippen LogP contribution in [0.3, 0.4) is 0 Å². The fourth-order valence-corrected chi connectivity index (χ4v) is 5.31. The van der Waals surface area contributed by atoms with Crippen LogP contribution in [0, 0.1) is 31.1 Å². The number of anilines is 1. The zero-order valence-electron chi connectivity index (χ0n) is 19.4. The quantitative estimate of drug-likeness (QED) is 0.609. The number of rotatable bonds is 3. The number of carbonyl (C=O) groups is 1. The van der Waals surface area contributed by atoms with Gasteiger partial charge in [-0.15, -0.1) is 0 Å². The van der Waals surface area contributed by atoms with Crippen LogP contribution >= 0.6 is 11.6 Å². The molecule has 34 heavy (non-hydrogen) atoms. The van der Waals surface area contributed by atoms with Gasteiger partial charge in [0.2, 0.25) is 0 Å². The first kappa shape index (κ1) is 22.6. The predicted octanol–water partition coefficient (Wildman–Crippen LogP) is 2.42. The number of aryl methyl sites for hydroxylation is 3. The average Bonchev–Trinajstić information content (AvgIpc) is 3.47. The van der Waals surface area contributed by atoms with E-state index in [0.29, 0.717) is 41.7 Å². The summed E-state index contributed by atoms with van der Waals surface area (Å²) < 4.78 is 3.28. The smallest absolute Gasteiger partial charge is 0.274 e. The lowest BCUT2D eigenvalue weighted by Crippen LogP contribution is -2.39. The molecule has 1 N–H and O–H groups in total. The van der Waals surface area contributed by atoms with Crippen molar-refractivity contribution in [1.82, 2.24) is 29.3 Å². The second kappa shape index (κ2) is 8.56. The molecule has 2 saturated heterocycles. The van der Waals surface area contributed by atoms with Gasteiger partial charge in [-0.25, -0.2) is 9.50 Å². The Kier molecular flexibility index (Phi) is 5.70. The van der Waals surface area contributed by atoms with Gasteiger partial charge in [-0.05, 0) is 33.1 Å². The van der Waals surface area contributed by atoms with Crippen LogP contribution in [0.2, 0.25) is 5.02 Å². The van der Waals surface area contributed by atoms with Gasteiger partial charge in [0.05, 0.1) is 40.5 Å². The number of β-amino-alcohol motifs (C(OH)–C–C–N with tert-alkyl or cyclic N) is 1. The molecule has 0 unspecified atom stereocenters. The number of amides is 1. The second-order valence-corrected chi connectivity index (χ2v) is 9.59. The minimum atomic E-state index is -0.688. The molecular weight excluding hydrogens is 456 g/mol. The van der Waals surface area contributed by atoms with Crippen LogP contribution in [0.4, 0.5) is 5.82 Å². The summed E-state index contributed by atoms with van der Waals surface area (Å²) in [5.41, 5.74) is 3.38. The highest BCUT2D eigenvalue weighted by Gasteiger charge is 2.35. The van der Waals surface area contributed by atoms with Gasteiger partial charge in [-0.1, -0.05) is 11.6 Å². The van der Waals surface area contributed by atoms with Crippen molar-refractivity contribution in [2.24, 2.45) is 13.0 Å². The van der Waals surface area contributed by atoms with Gasteiger partial charge in [-0.2, -0.15) is 15.5 Å². The number of halogens is 1. The number of aromatic nitrogens is 5. The maximum atomic E-state index is 13.5. The lowest BCUT2D eigenvalue weighted by atomic mass is 9.99. The van der Waals surface area contributed by atoms with E-state index < -0.39 is 12.0 Å². The SMILES string of the molecule is Cc1cn2nc([C@@H]3CCCCN3C(=O)c3c(Cl)c(C)nn3C)cc2nc1N1C[C@@H](C#N)[C@@H](O)C1. The molecule has 3 aromatic rings. The minimum absolute atomic E-state index is 0.145. The van der Waals surface area contributed by atoms with Crippen molar-refractivity contribution in [3.63, 3.8) is 0 Å². The molecule has 11 heteroatoms. The second-order valence-electron chi connectivity index (χ2n) is 9.21. The molecule has 3 aromatic heterocycles. The third kappa shape index (κ3) is 3.69. The van der Waals surface area contributed by atoms with Crippen molar-refractivity contribution in [1.29, 1.82) is 5.26 Å². The standard InChI is InChI=1S/C23H27ClN8O2/c1-13-10-32-19(26-22(13)30-11-15(9-25)18(33)12-30)8-16(28-32)17-6-4-5-7-31(17)23(34)21-20(24)14(2)27-29(21)3/h8,10,15,17-18,33H,4-7,11-12H2,1-3H3/t15-,17+,18+/m1/s1. The van der Waals surface area contributed by atoms with Gasteiger partial charge in [0.25, 0.3) is 5.91 Å². The first-order valence-electron chi connectivity index (χ1n) is 11.5. The Morgan fingerprint density at radius 1 is 1.26 bits per heavy atom. The summed E-state index contributed by atoms with van der Waals surface area (Å²) in [6.07, 6.45) is 3.94. The Hall–Kier alpha value is -3.16. The molecule has 178 valence electrons. The number of nitrogens with zero attached hydrogens (tertiary/aromatic N) is 8. The molecule has 0 radical (unpaired) electrons. The maximum absolute atomic E-state index is 13.5. The summed E-state index contributed by atoms with van der Waals surface area (Å²) in [6.45, 7) is 5.17. The molecule has 5 heterocycles. The van der Waals surface area contributed by atoms with Crippen LogP contribution in [0.15, 0.2) is 12.3 Å². The van der Waals surface area contributed by atoms with E-state index in [2.05, 4.69) is 11.2 Å². The number of hydrogen-bond acceptors (Lipinski definition) is 7. The monoisotopic (exact) mass is 482 g/mol. The highest BCUT2D eigenvalue weighted by atomic mass is 35.5. The molecule has 0 bridgehead atoms. The number of piperidine rings is 1. The zero-order chi connectivity index (χ0) is 24.1. The molecule has 2 fully saturated rings. The molecule has 5 rings (SSSR count). The Morgan fingerprint density at radius 3 is 2.74 bits per heavy atom. The molecule has 0 aromatic carbocycles. The van der Waals surface area contributed by atoms with Crippen molar-refractivity contribution >= 4 is 29.0 Å². The number of nitriles is 1. The molecular formula is C23H27ClN8O2. The molecule has 0 saturated carbocycles. The van der Waals surface area contributed by atoms with Crippen LogP contribution in [0.1, 0.15) is 52.7 Å². The topological polar surface area (TPSA) is 116 Å². The van der Waals surface area contributed by atoms with Gasteiger partial charge in [0.1, 0.15) is 11.5 Å². The van der Waals surface area contributed by atoms with Crippen molar-refractivity contribution in [3.8, 4) is 6.07 Å². The van der Waals surface area contributed by atoms with E-state index in [1.54, 1.807) is 23.2 Å². The molecule has 2 aliphatic rings. The third-order valence-electron chi connectivity index (χ3n) is 6.84. The molecule has 0 spiro atoms. The highest BCUT2D eigenvalue weighted by molar-refractivity contribution is 6.34. The van der Waals surface area contributed by atoms with Crippen molar-refractivity contribution in [3.05, 3.63) is 39.9 Å². The molecule has 2 aliphatic heterocycles. The minimum Gasteiger partial charge on any atom is -0.390 e. The summed E-state index contributed by atoms with van der Waals surface area (Å²) in [4.78, 5) is 22.1. The fraction of sp³-hybridized carbons (Fsp3) is 0.522. The van der Waals surface area contributed by atoms with E-state index in [0.717, 1.165) is 36.3 Å². The Morgan fingerprint density at radius 2 is 2.06 bits per heavy atom. The van der Waals surface area contributed by atoms with E-state index in [1.165, 1.54) is 0 Å². The number of aliphatic hydroxyl groups excluding tert-OH is 1. The van der Waals surface area contributed by atoms with Crippen molar-refractivity contribution < 1.29 is 9.90 Å². The van der Waals surface area contributed by atoms with E-state index in [9.17, 15) is 15.2 Å². The summed E-state index contributed by atoms with van der Waals surface area (Å²) in [7, 11) is 1.73. The molecule has 1 amide bonds. The zero-order valence-corrected chi connectivity index (χ0v) is 20.2. The lowest BCUT2D eigenvalue weighted by molar-refractivity contribution is 0.0594. The third-order valence-corrected chi connectivity index (χ3v) is 7.29. The molecule has 3 atom stereocenters. The number of likely N-dealkylation sites (tertiary alicyclic amines) is 1. The Balaban J connectivity index is 1.48. The first-order chi connectivity index (χ1) is 16.3. The first-order valence-corrected chi connectivity index (χ1v) is 11.9. The highest BCUT2D eigenvalue weighted by Crippen LogP contribution is 2.34. The molecule has 0 aliphatic carbocycles. The average molecular weight is 483 g/mol. The van der Waals surface area contributed by atoms with Gasteiger partial charge in [-0.3, -0.25) is 9.48 Å². The van der Waals surface area contributed by atoms with Gasteiger partial charge in [0.15, 0.2) is 5.65 Å². The predicted molar refractivity (Wildman–Crippen MR) is 126 cm³/mol. The van der Waals surface area contributed by atoms with Crippen LogP contribution < -0.4 is 4.90 Å². The summed E-state index contributed by atoms with van der Waals surface area (Å²) in [6, 6.07) is 3.90. The van der Waals surface area contributed by atoms with E-state index >= 15 is 0 Å². The van der Waals surface area contributed by atoms with Crippen LogP contribution in [0.25, 0.3) is 5.65 Å². The Labute approximate surface area is 202 Å². The van der Waals surface area contributed by atoms with E-state index in [1.807, 2.05) is 29.0 Å². The summed E-state index contributed by atoms with van der Waals surface area (Å²) in [5, 5.41) is 28.9. The fourth-order valence-electron chi connectivity index (χ4n) is 5.07. The number of aliphatic hydroxyl groups is 1. The Bertz CT molecular complexity index is 1310. The summed E-state index contributed by atoms with van der Waals surface area (Å²) in [5.74, 6) is 0.167. The van der Waals surface area contributed by atoms with Gasteiger partial charge in [0, 0.05) is 44.5 Å². The van der Waals surface area contributed by atoms with E-state index in [-0.39, 0.29) is 11.9 Å². The number of fused-ring (bicyclic) bond motifs is 1. The van der Waals surface area contributed by atoms with Crippen molar-refractivity contribution in [2.75, 3.05) is 24.5 Å². The lowest BCUT2D eigenvalue weighted by Gasteiger charge is -2.34. The maximum Gasteiger partial charge on any atom is 0.274 e. The largest absolute Gasteiger partial charge is 0.390 e. The van der Waals surface area contributed by atoms with Gasteiger partial charge < -0.3 is 14.9 Å². The number of hydrogen-bond donors (Lipinski definition) is 1.